The van der Waals surface area contributed by atoms with Crippen molar-refractivity contribution in [3.05, 3.63) is 96.1 Å². The highest BCUT2D eigenvalue weighted by Gasteiger charge is 2.10. The molecule has 0 saturated carbocycles. The lowest BCUT2D eigenvalue weighted by Gasteiger charge is -2.17. The molecule has 28 heavy (non-hydrogen) atoms. The zero-order chi connectivity index (χ0) is 19.6. The van der Waals surface area contributed by atoms with E-state index in [1.54, 1.807) is 0 Å². The van der Waals surface area contributed by atoms with E-state index < -0.39 is 0 Å². The molecule has 1 N–H and O–H groups in total. The van der Waals surface area contributed by atoms with Crippen LogP contribution in [0.3, 0.4) is 0 Å². The topological polar surface area (TPSA) is 41.6 Å². The standard InChI is InChI=1S/C24H26N2O2/c1-26(16-17-28-22-13-6-3-7-14-22)19-24(27)25-23-15-9-8-12-21(23)18-20-10-4-2-5-11-20/h2-15H,16-19H2,1H3,(H,25,27). The van der Waals surface area contributed by atoms with Crippen molar-refractivity contribution in [1.82, 2.24) is 4.90 Å². The van der Waals surface area contributed by atoms with Crippen LogP contribution < -0.4 is 10.1 Å². The van der Waals surface area contributed by atoms with E-state index in [0.717, 1.165) is 23.4 Å². The van der Waals surface area contributed by atoms with Gasteiger partial charge in [0.25, 0.3) is 0 Å². The summed E-state index contributed by atoms with van der Waals surface area (Å²) >= 11 is 0. The van der Waals surface area contributed by atoms with E-state index in [-0.39, 0.29) is 5.91 Å². The minimum Gasteiger partial charge on any atom is -0.492 e. The lowest BCUT2D eigenvalue weighted by Crippen LogP contribution is -2.33. The van der Waals surface area contributed by atoms with E-state index in [2.05, 4.69) is 23.5 Å². The summed E-state index contributed by atoms with van der Waals surface area (Å²) in [6.45, 7) is 1.53. The molecule has 3 aromatic carbocycles. The third-order valence-corrected chi connectivity index (χ3v) is 4.43. The summed E-state index contributed by atoms with van der Waals surface area (Å²) in [4.78, 5) is 14.4. The summed E-state index contributed by atoms with van der Waals surface area (Å²) in [5, 5.41) is 3.05. The Bertz CT molecular complexity index is 866. The molecule has 0 heterocycles. The smallest absolute Gasteiger partial charge is 0.238 e. The second-order valence-electron chi connectivity index (χ2n) is 6.77. The van der Waals surface area contributed by atoms with E-state index in [4.69, 9.17) is 4.74 Å². The number of amides is 1. The highest BCUT2D eigenvalue weighted by molar-refractivity contribution is 5.93. The van der Waals surface area contributed by atoms with E-state index >= 15 is 0 Å². The van der Waals surface area contributed by atoms with Crippen molar-refractivity contribution in [3.63, 3.8) is 0 Å². The second kappa shape index (κ2) is 10.3. The van der Waals surface area contributed by atoms with Gasteiger partial charge in [0, 0.05) is 12.2 Å². The fourth-order valence-electron chi connectivity index (χ4n) is 2.96. The van der Waals surface area contributed by atoms with Gasteiger partial charge in [-0.3, -0.25) is 9.69 Å². The largest absolute Gasteiger partial charge is 0.492 e. The quantitative estimate of drug-likeness (QED) is 0.609. The number of rotatable bonds is 9. The zero-order valence-corrected chi connectivity index (χ0v) is 16.2. The molecule has 0 spiro atoms. The molecule has 0 aliphatic carbocycles. The maximum Gasteiger partial charge on any atom is 0.238 e. The normalized spacial score (nSPS) is 10.6. The van der Waals surface area contributed by atoms with Gasteiger partial charge in [0.05, 0.1) is 6.54 Å². The van der Waals surface area contributed by atoms with Gasteiger partial charge in [-0.25, -0.2) is 0 Å². The van der Waals surface area contributed by atoms with E-state index in [1.807, 2.05) is 78.7 Å². The van der Waals surface area contributed by atoms with Crippen molar-refractivity contribution in [2.75, 3.05) is 32.1 Å². The lowest BCUT2D eigenvalue weighted by atomic mass is 10.0. The van der Waals surface area contributed by atoms with Gasteiger partial charge in [0.15, 0.2) is 0 Å². The van der Waals surface area contributed by atoms with Crippen molar-refractivity contribution in [2.45, 2.75) is 6.42 Å². The first kappa shape index (κ1) is 19.6. The molecule has 3 rings (SSSR count). The molecule has 4 heteroatoms. The predicted molar refractivity (Wildman–Crippen MR) is 114 cm³/mol. The Labute approximate surface area is 166 Å². The van der Waals surface area contributed by atoms with E-state index in [9.17, 15) is 4.79 Å². The molecule has 0 aromatic heterocycles. The van der Waals surface area contributed by atoms with Gasteiger partial charge < -0.3 is 10.1 Å². The van der Waals surface area contributed by atoms with Crippen LogP contribution in [0.5, 0.6) is 5.75 Å². The van der Waals surface area contributed by atoms with Gasteiger partial charge in [0.2, 0.25) is 5.91 Å². The lowest BCUT2D eigenvalue weighted by molar-refractivity contribution is -0.117. The highest BCUT2D eigenvalue weighted by Crippen LogP contribution is 2.19. The maximum atomic E-state index is 12.5. The van der Waals surface area contributed by atoms with Gasteiger partial charge in [-0.15, -0.1) is 0 Å². The minimum absolute atomic E-state index is 0.0253. The minimum atomic E-state index is -0.0253. The first-order chi connectivity index (χ1) is 13.7. The SMILES string of the molecule is CN(CCOc1ccccc1)CC(=O)Nc1ccccc1Cc1ccccc1. The third kappa shape index (κ3) is 6.25. The molecule has 0 bridgehead atoms. The van der Waals surface area contributed by atoms with Crippen molar-refractivity contribution in [3.8, 4) is 5.75 Å². The molecule has 144 valence electrons. The summed E-state index contributed by atoms with van der Waals surface area (Å²) in [5.41, 5.74) is 3.20. The monoisotopic (exact) mass is 374 g/mol. The van der Waals surface area contributed by atoms with Gasteiger partial charge in [-0.1, -0.05) is 66.7 Å². The van der Waals surface area contributed by atoms with Crippen LogP contribution in [0.25, 0.3) is 0 Å². The van der Waals surface area contributed by atoms with Crippen molar-refractivity contribution < 1.29 is 9.53 Å². The van der Waals surface area contributed by atoms with Gasteiger partial charge in [-0.05, 0) is 42.8 Å². The fraction of sp³-hybridized carbons (Fsp3) is 0.208. The number of anilines is 1. The molecule has 3 aromatic rings. The summed E-state index contributed by atoms with van der Waals surface area (Å²) in [6.07, 6.45) is 0.790. The Morgan fingerprint density at radius 2 is 1.54 bits per heavy atom. The molecule has 0 aliphatic rings. The molecule has 0 aliphatic heterocycles. The maximum absolute atomic E-state index is 12.5. The Balaban J connectivity index is 1.49. The van der Waals surface area contributed by atoms with Crippen molar-refractivity contribution >= 4 is 11.6 Å². The molecule has 0 atom stereocenters. The number of ether oxygens (including phenoxy) is 1. The molecule has 0 saturated heterocycles. The van der Waals surface area contributed by atoms with E-state index in [1.165, 1.54) is 5.56 Å². The first-order valence-electron chi connectivity index (χ1n) is 9.49. The number of benzene rings is 3. The highest BCUT2D eigenvalue weighted by atomic mass is 16.5. The van der Waals surface area contributed by atoms with Crippen LogP contribution in [0.4, 0.5) is 5.69 Å². The summed E-state index contributed by atoms with van der Waals surface area (Å²) in [7, 11) is 1.92. The van der Waals surface area contributed by atoms with Crippen molar-refractivity contribution in [2.24, 2.45) is 0 Å². The number of carbonyl (C=O) groups excluding carboxylic acids is 1. The Hall–Kier alpha value is -3.11. The Morgan fingerprint density at radius 3 is 2.29 bits per heavy atom. The van der Waals surface area contributed by atoms with Crippen LogP contribution in [0.1, 0.15) is 11.1 Å². The van der Waals surface area contributed by atoms with E-state index in [0.29, 0.717) is 19.7 Å². The molecule has 0 unspecified atom stereocenters. The van der Waals surface area contributed by atoms with Gasteiger partial charge in [0.1, 0.15) is 12.4 Å². The second-order valence-corrected chi connectivity index (χ2v) is 6.77. The molecular formula is C24H26N2O2. The van der Waals surface area contributed by atoms with Gasteiger partial charge in [-0.2, -0.15) is 0 Å². The summed E-state index contributed by atoms with van der Waals surface area (Å²) in [6, 6.07) is 27.9. The van der Waals surface area contributed by atoms with Crippen molar-refractivity contribution in [1.29, 1.82) is 0 Å². The molecule has 0 fully saturated rings. The van der Waals surface area contributed by atoms with Crippen LogP contribution in [0.15, 0.2) is 84.9 Å². The number of nitrogens with zero attached hydrogens (tertiary/aromatic N) is 1. The fourth-order valence-corrected chi connectivity index (χ4v) is 2.96. The Kier molecular flexibility index (Phi) is 7.21. The van der Waals surface area contributed by atoms with Crippen LogP contribution in [0.2, 0.25) is 0 Å². The molecule has 1 amide bonds. The molecule has 0 radical (unpaired) electrons. The molecular weight excluding hydrogens is 348 g/mol. The number of hydrogen-bond donors (Lipinski definition) is 1. The summed E-state index contributed by atoms with van der Waals surface area (Å²) in [5.74, 6) is 0.818. The number of likely N-dealkylation sites (N-methyl/N-ethyl adjacent to an activating group) is 1. The number of nitrogens with one attached hydrogen (secondary N) is 1. The average molecular weight is 374 g/mol. The number of para-hydroxylation sites is 2. The van der Waals surface area contributed by atoms with Crippen LogP contribution in [0, 0.1) is 0 Å². The summed E-state index contributed by atoms with van der Waals surface area (Å²) < 4.78 is 5.69. The van der Waals surface area contributed by atoms with Gasteiger partial charge >= 0.3 is 0 Å². The first-order valence-corrected chi connectivity index (χ1v) is 9.49. The number of hydrogen-bond acceptors (Lipinski definition) is 3. The van der Waals surface area contributed by atoms with Crippen LogP contribution >= 0.6 is 0 Å². The zero-order valence-electron chi connectivity index (χ0n) is 16.2. The Morgan fingerprint density at radius 1 is 0.893 bits per heavy atom. The van der Waals surface area contributed by atoms with Crippen LogP contribution in [-0.2, 0) is 11.2 Å². The third-order valence-electron chi connectivity index (χ3n) is 4.43. The molecule has 4 nitrogen and oxygen atoms in total. The number of carbonyl (C=O) groups is 1. The predicted octanol–water partition coefficient (Wildman–Crippen LogP) is 4.23. The van der Waals surface area contributed by atoms with Crippen LogP contribution in [-0.4, -0.2) is 37.6 Å². The average Bonchev–Trinajstić information content (AvgIpc) is 2.71.